The Kier molecular flexibility index (Phi) is 4.39. The van der Waals surface area contributed by atoms with Crippen molar-refractivity contribution in [2.75, 3.05) is 10.6 Å². The molecule has 100 valence electrons. The van der Waals surface area contributed by atoms with Crippen LogP contribution in [0.25, 0.3) is 0 Å². The minimum absolute atomic E-state index is 0.515. The van der Waals surface area contributed by atoms with Gasteiger partial charge in [0.15, 0.2) is 5.11 Å². The van der Waals surface area contributed by atoms with Crippen molar-refractivity contribution >= 4 is 40.3 Å². The summed E-state index contributed by atoms with van der Waals surface area (Å²) in [5, 5.41) is 11.7. The normalized spacial score (nSPS) is 10.3. The Balaban J connectivity index is 2.03. The first-order valence-electron chi connectivity index (χ1n) is 5.96. The van der Waals surface area contributed by atoms with Gasteiger partial charge in [-0.15, -0.1) is 0 Å². The molecule has 0 radical (unpaired) electrons. The Bertz CT molecular complexity index is 594. The fraction of sp³-hybridized carbons (Fsp3) is 0.231. The summed E-state index contributed by atoms with van der Waals surface area (Å²) in [6.45, 7) is 4.81. The van der Waals surface area contributed by atoms with E-state index < -0.39 is 0 Å². The second-order valence-electron chi connectivity index (χ2n) is 4.07. The number of aromatic nitrogens is 2. The number of nitrogens with one attached hydrogen (secondary N) is 2. The van der Waals surface area contributed by atoms with Gasteiger partial charge in [0.2, 0.25) is 0 Å². The van der Waals surface area contributed by atoms with E-state index in [4.69, 9.17) is 23.8 Å². The van der Waals surface area contributed by atoms with Crippen LogP contribution in [-0.4, -0.2) is 14.9 Å². The summed E-state index contributed by atoms with van der Waals surface area (Å²) >= 11 is 11.2. The molecule has 1 heterocycles. The molecule has 0 aliphatic heterocycles. The van der Waals surface area contributed by atoms with E-state index in [1.54, 1.807) is 0 Å². The molecule has 0 aliphatic rings. The molecule has 0 unspecified atom stereocenters. The van der Waals surface area contributed by atoms with E-state index in [1.807, 2.05) is 49.0 Å². The molecule has 0 bridgehead atoms. The summed E-state index contributed by atoms with van der Waals surface area (Å²) < 4.78 is 1.86. The third-order valence-corrected chi connectivity index (χ3v) is 3.04. The molecule has 0 amide bonds. The molecule has 2 N–H and O–H groups in total. The number of rotatable bonds is 3. The van der Waals surface area contributed by atoms with Gasteiger partial charge in [0.1, 0.15) is 0 Å². The van der Waals surface area contributed by atoms with E-state index in [-0.39, 0.29) is 0 Å². The highest BCUT2D eigenvalue weighted by Gasteiger charge is 2.06. The van der Waals surface area contributed by atoms with Crippen LogP contribution in [0.2, 0.25) is 5.02 Å². The number of hydrogen-bond acceptors (Lipinski definition) is 2. The molecule has 2 aromatic rings. The highest BCUT2D eigenvalue weighted by atomic mass is 35.5. The molecule has 4 nitrogen and oxygen atoms in total. The van der Waals surface area contributed by atoms with Crippen LogP contribution in [0.15, 0.2) is 30.5 Å². The minimum atomic E-state index is 0.515. The summed E-state index contributed by atoms with van der Waals surface area (Å²) in [4.78, 5) is 0. The SMILES string of the molecule is CCn1cc(NC(=S)Nc2cccc(Cl)c2)c(C)n1. The van der Waals surface area contributed by atoms with Crippen molar-refractivity contribution in [3.63, 3.8) is 0 Å². The van der Waals surface area contributed by atoms with Crippen LogP contribution < -0.4 is 10.6 Å². The Morgan fingerprint density at radius 1 is 1.42 bits per heavy atom. The second kappa shape index (κ2) is 6.04. The van der Waals surface area contributed by atoms with Gasteiger partial charge >= 0.3 is 0 Å². The topological polar surface area (TPSA) is 41.9 Å². The van der Waals surface area contributed by atoms with Crippen molar-refractivity contribution < 1.29 is 0 Å². The zero-order valence-electron chi connectivity index (χ0n) is 10.8. The third kappa shape index (κ3) is 3.68. The van der Waals surface area contributed by atoms with E-state index in [2.05, 4.69) is 15.7 Å². The second-order valence-corrected chi connectivity index (χ2v) is 4.92. The first-order chi connectivity index (χ1) is 9.08. The van der Waals surface area contributed by atoms with Gasteiger partial charge in [0, 0.05) is 23.5 Å². The van der Waals surface area contributed by atoms with Crippen molar-refractivity contribution in [3.8, 4) is 0 Å². The van der Waals surface area contributed by atoms with Gasteiger partial charge in [-0.2, -0.15) is 5.10 Å². The predicted molar refractivity (Wildman–Crippen MR) is 83.9 cm³/mol. The monoisotopic (exact) mass is 294 g/mol. The smallest absolute Gasteiger partial charge is 0.175 e. The lowest BCUT2D eigenvalue weighted by Crippen LogP contribution is -2.19. The van der Waals surface area contributed by atoms with Crippen LogP contribution in [-0.2, 0) is 6.54 Å². The fourth-order valence-corrected chi connectivity index (χ4v) is 2.07. The lowest BCUT2D eigenvalue weighted by atomic mass is 10.3. The van der Waals surface area contributed by atoms with Crippen LogP contribution in [0.3, 0.4) is 0 Å². The minimum Gasteiger partial charge on any atom is -0.332 e. The Morgan fingerprint density at radius 2 is 2.21 bits per heavy atom. The van der Waals surface area contributed by atoms with Gasteiger partial charge < -0.3 is 10.6 Å². The maximum Gasteiger partial charge on any atom is 0.175 e. The molecule has 1 aromatic carbocycles. The number of aryl methyl sites for hydroxylation is 2. The number of anilines is 2. The number of hydrogen-bond donors (Lipinski definition) is 2. The molecule has 2 rings (SSSR count). The molecule has 0 atom stereocenters. The van der Waals surface area contributed by atoms with Gasteiger partial charge in [0.05, 0.1) is 11.4 Å². The van der Waals surface area contributed by atoms with Gasteiger partial charge in [0.25, 0.3) is 0 Å². The van der Waals surface area contributed by atoms with E-state index >= 15 is 0 Å². The lowest BCUT2D eigenvalue weighted by molar-refractivity contribution is 0.653. The molecule has 0 spiro atoms. The van der Waals surface area contributed by atoms with Crippen LogP contribution in [0.1, 0.15) is 12.6 Å². The lowest BCUT2D eigenvalue weighted by Gasteiger charge is -2.09. The molecule has 0 saturated heterocycles. The molecule has 6 heteroatoms. The Morgan fingerprint density at radius 3 is 2.84 bits per heavy atom. The van der Waals surface area contributed by atoms with E-state index in [1.165, 1.54) is 0 Å². The molecular formula is C13H15ClN4S. The van der Waals surface area contributed by atoms with Gasteiger partial charge in [-0.1, -0.05) is 17.7 Å². The first kappa shape index (κ1) is 13.8. The van der Waals surface area contributed by atoms with Crippen molar-refractivity contribution in [1.82, 2.24) is 9.78 Å². The standard InChI is InChI=1S/C13H15ClN4S/c1-3-18-8-12(9(2)17-18)16-13(19)15-11-6-4-5-10(14)7-11/h4-8H,3H2,1-2H3,(H2,15,16,19). The first-order valence-corrected chi connectivity index (χ1v) is 6.74. The number of benzene rings is 1. The zero-order valence-corrected chi connectivity index (χ0v) is 12.3. The average Bonchev–Trinajstić information content (AvgIpc) is 2.70. The average molecular weight is 295 g/mol. The quantitative estimate of drug-likeness (QED) is 0.848. The van der Waals surface area contributed by atoms with Crippen molar-refractivity contribution in [1.29, 1.82) is 0 Å². The summed E-state index contributed by atoms with van der Waals surface area (Å²) in [6.07, 6.45) is 1.93. The highest BCUT2D eigenvalue weighted by molar-refractivity contribution is 7.80. The summed E-state index contributed by atoms with van der Waals surface area (Å²) in [5.74, 6) is 0. The molecule has 0 aliphatic carbocycles. The molecule has 1 aromatic heterocycles. The fourth-order valence-electron chi connectivity index (χ4n) is 1.65. The number of halogens is 1. The molecule has 19 heavy (non-hydrogen) atoms. The Hall–Kier alpha value is -1.59. The van der Waals surface area contributed by atoms with Crippen molar-refractivity contribution in [2.45, 2.75) is 20.4 Å². The van der Waals surface area contributed by atoms with Crippen LogP contribution in [0, 0.1) is 6.92 Å². The summed E-state index contributed by atoms with van der Waals surface area (Å²) in [5.41, 5.74) is 2.67. The van der Waals surface area contributed by atoms with Gasteiger partial charge in [-0.3, -0.25) is 4.68 Å². The van der Waals surface area contributed by atoms with Crippen LogP contribution in [0.5, 0.6) is 0 Å². The van der Waals surface area contributed by atoms with Crippen LogP contribution in [0.4, 0.5) is 11.4 Å². The molecule has 0 fully saturated rings. The number of thiocarbonyl (C=S) groups is 1. The highest BCUT2D eigenvalue weighted by Crippen LogP contribution is 2.16. The van der Waals surface area contributed by atoms with E-state index in [0.29, 0.717) is 10.1 Å². The zero-order chi connectivity index (χ0) is 13.8. The largest absolute Gasteiger partial charge is 0.332 e. The Labute approximate surface area is 122 Å². The van der Waals surface area contributed by atoms with Crippen LogP contribution >= 0.6 is 23.8 Å². The van der Waals surface area contributed by atoms with Gasteiger partial charge in [-0.25, -0.2) is 0 Å². The maximum atomic E-state index is 5.92. The summed E-state index contributed by atoms with van der Waals surface area (Å²) in [7, 11) is 0. The maximum absolute atomic E-state index is 5.92. The van der Waals surface area contributed by atoms with E-state index in [9.17, 15) is 0 Å². The summed E-state index contributed by atoms with van der Waals surface area (Å²) in [6, 6.07) is 7.41. The van der Waals surface area contributed by atoms with E-state index in [0.717, 1.165) is 23.6 Å². The predicted octanol–water partition coefficient (Wildman–Crippen LogP) is 3.67. The van der Waals surface area contributed by atoms with Crippen molar-refractivity contribution in [3.05, 3.63) is 41.2 Å². The van der Waals surface area contributed by atoms with Gasteiger partial charge in [-0.05, 0) is 44.3 Å². The molecular weight excluding hydrogens is 280 g/mol. The molecule has 0 saturated carbocycles. The number of nitrogens with zero attached hydrogens (tertiary/aromatic N) is 2. The van der Waals surface area contributed by atoms with Crippen molar-refractivity contribution in [2.24, 2.45) is 0 Å². The third-order valence-electron chi connectivity index (χ3n) is 2.60.